The van der Waals surface area contributed by atoms with Crippen molar-refractivity contribution in [3.8, 4) is 0 Å². The molecule has 2 heteroatoms. The molecule has 2 nitrogen and oxygen atoms in total. The van der Waals surface area contributed by atoms with Gasteiger partial charge in [-0.2, -0.15) is 0 Å². The highest BCUT2D eigenvalue weighted by molar-refractivity contribution is 5.24. The molecule has 0 aliphatic rings. The summed E-state index contributed by atoms with van der Waals surface area (Å²) in [5.41, 5.74) is 2.75. The maximum Gasteiger partial charge on any atom is 0.0445 e. The Bertz CT molecular complexity index is 320. The topological polar surface area (TPSA) is 32.3 Å². The highest BCUT2D eigenvalue weighted by atomic mass is 16.3. The molecule has 2 atom stereocenters. The van der Waals surface area contributed by atoms with Crippen molar-refractivity contribution < 1.29 is 5.11 Å². The van der Waals surface area contributed by atoms with Gasteiger partial charge in [0.05, 0.1) is 0 Å². The van der Waals surface area contributed by atoms with E-state index in [9.17, 15) is 0 Å². The van der Waals surface area contributed by atoms with Gasteiger partial charge in [0, 0.05) is 18.7 Å². The van der Waals surface area contributed by atoms with Gasteiger partial charge < -0.3 is 10.4 Å². The standard InChI is InChI=1S/C16H27NO/c1-4-5-6-15-7-9-16(10-8-15)14(3)17-13(2)11-12-18/h7-10,13-14,17-18H,4-6,11-12H2,1-3H3. The van der Waals surface area contributed by atoms with Crippen molar-refractivity contribution in [2.45, 2.75) is 58.5 Å². The first-order valence-electron chi connectivity index (χ1n) is 7.13. The quantitative estimate of drug-likeness (QED) is 0.739. The second-order valence-electron chi connectivity index (χ2n) is 5.15. The van der Waals surface area contributed by atoms with E-state index in [2.05, 4.69) is 50.4 Å². The molecule has 1 aromatic carbocycles. The number of hydrogen-bond donors (Lipinski definition) is 2. The lowest BCUT2D eigenvalue weighted by molar-refractivity contribution is 0.264. The molecule has 0 radical (unpaired) electrons. The zero-order chi connectivity index (χ0) is 13.4. The first-order chi connectivity index (χ1) is 8.67. The van der Waals surface area contributed by atoms with Gasteiger partial charge >= 0.3 is 0 Å². The summed E-state index contributed by atoms with van der Waals surface area (Å²) in [5, 5.41) is 12.4. The predicted molar refractivity (Wildman–Crippen MR) is 77.8 cm³/mol. The van der Waals surface area contributed by atoms with Gasteiger partial charge in [-0.05, 0) is 44.2 Å². The number of aliphatic hydroxyl groups excluding tert-OH is 1. The van der Waals surface area contributed by atoms with Crippen LogP contribution < -0.4 is 5.32 Å². The van der Waals surface area contributed by atoms with Crippen molar-refractivity contribution in [2.24, 2.45) is 0 Å². The van der Waals surface area contributed by atoms with E-state index >= 15 is 0 Å². The van der Waals surface area contributed by atoms with Crippen LogP contribution in [0.25, 0.3) is 0 Å². The molecule has 0 amide bonds. The molecule has 0 saturated heterocycles. The largest absolute Gasteiger partial charge is 0.396 e. The number of nitrogens with one attached hydrogen (secondary N) is 1. The van der Waals surface area contributed by atoms with Crippen LogP contribution in [0.15, 0.2) is 24.3 Å². The molecule has 102 valence electrons. The van der Waals surface area contributed by atoms with Crippen molar-refractivity contribution >= 4 is 0 Å². The van der Waals surface area contributed by atoms with E-state index in [1.54, 1.807) is 0 Å². The van der Waals surface area contributed by atoms with Gasteiger partial charge in [-0.1, -0.05) is 37.6 Å². The summed E-state index contributed by atoms with van der Waals surface area (Å²) in [6.07, 6.45) is 4.50. The second-order valence-corrected chi connectivity index (χ2v) is 5.15. The number of aliphatic hydroxyl groups is 1. The molecule has 0 saturated carbocycles. The van der Waals surface area contributed by atoms with Gasteiger partial charge in [-0.25, -0.2) is 0 Å². The minimum absolute atomic E-state index is 0.247. The first-order valence-corrected chi connectivity index (χ1v) is 7.13. The molecule has 0 spiro atoms. The molecule has 18 heavy (non-hydrogen) atoms. The van der Waals surface area contributed by atoms with E-state index in [-0.39, 0.29) is 6.61 Å². The Morgan fingerprint density at radius 2 is 1.83 bits per heavy atom. The summed E-state index contributed by atoms with van der Waals surface area (Å²) in [6.45, 7) is 6.76. The van der Waals surface area contributed by atoms with Crippen molar-refractivity contribution in [3.63, 3.8) is 0 Å². The summed E-state index contributed by atoms with van der Waals surface area (Å²) in [7, 11) is 0. The molecular formula is C16H27NO. The SMILES string of the molecule is CCCCc1ccc(C(C)NC(C)CCO)cc1. The van der Waals surface area contributed by atoms with Crippen LogP contribution in [-0.4, -0.2) is 17.8 Å². The third-order valence-corrected chi connectivity index (χ3v) is 3.40. The number of aryl methyl sites for hydroxylation is 1. The highest BCUT2D eigenvalue weighted by Gasteiger charge is 2.08. The van der Waals surface area contributed by atoms with E-state index in [1.807, 2.05) is 0 Å². The predicted octanol–water partition coefficient (Wildman–Crippen LogP) is 3.45. The maximum atomic E-state index is 8.90. The second kappa shape index (κ2) is 8.28. The first kappa shape index (κ1) is 15.2. The van der Waals surface area contributed by atoms with Gasteiger partial charge in [0.2, 0.25) is 0 Å². The molecule has 0 heterocycles. The van der Waals surface area contributed by atoms with Crippen LogP contribution in [0.2, 0.25) is 0 Å². The number of hydrogen-bond acceptors (Lipinski definition) is 2. The summed E-state index contributed by atoms with van der Waals surface area (Å²) >= 11 is 0. The fourth-order valence-corrected chi connectivity index (χ4v) is 2.15. The molecule has 2 unspecified atom stereocenters. The van der Waals surface area contributed by atoms with E-state index in [1.165, 1.54) is 30.4 Å². The fourth-order valence-electron chi connectivity index (χ4n) is 2.15. The molecule has 0 aromatic heterocycles. The lowest BCUT2D eigenvalue weighted by atomic mass is 10.0. The van der Waals surface area contributed by atoms with Crippen LogP contribution in [0.1, 0.15) is 57.2 Å². The molecule has 0 aliphatic carbocycles. The summed E-state index contributed by atoms with van der Waals surface area (Å²) < 4.78 is 0. The Labute approximate surface area is 111 Å². The minimum atomic E-state index is 0.247. The smallest absolute Gasteiger partial charge is 0.0445 e. The van der Waals surface area contributed by atoms with Crippen LogP contribution in [0.4, 0.5) is 0 Å². The zero-order valence-electron chi connectivity index (χ0n) is 11.9. The van der Waals surface area contributed by atoms with Gasteiger partial charge in [-0.3, -0.25) is 0 Å². The van der Waals surface area contributed by atoms with Gasteiger partial charge in [0.15, 0.2) is 0 Å². The van der Waals surface area contributed by atoms with Crippen LogP contribution >= 0.6 is 0 Å². The molecule has 2 N–H and O–H groups in total. The van der Waals surface area contributed by atoms with Gasteiger partial charge in [-0.15, -0.1) is 0 Å². The summed E-state index contributed by atoms with van der Waals surface area (Å²) in [6, 6.07) is 9.60. The maximum absolute atomic E-state index is 8.90. The molecule has 0 aliphatic heterocycles. The lowest BCUT2D eigenvalue weighted by Gasteiger charge is -2.20. The normalized spacial score (nSPS) is 14.4. The zero-order valence-corrected chi connectivity index (χ0v) is 11.9. The fraction of sp³-hybridized carbons (Fsp3) is 0.625. The molecular weight excluding hydrogens is 222 g/mol. The van der Waals surface area contributed by atoms with Crippen molar-refractivity contribution in [2.75, 3.05) is 6.61 Å². The summed E-state index contributed by atoms with van der Waals surface area (Å²) in [5.74, 6) is 0. The highest BCUT2D eigenvalue weighted by Crippen LogP contribution is 2.15. The van der Waals surface area contributed by atoms with Gasteiger partial charge in [0.25, 0.3) is 0 Å². The van der Waals surface area contributed by atoms with E-state index in [0.29, 0.717) is 12.1 Å². The van der Waals surface area contributed by atoms with E-state index < -0.39 is 0 Å². The van der Waals surface area contributed by atoms with Gasteiger partial charge in [0.1, 0.15) is 0 Å². The molecule has 1 aromatic rings. The van der Waals surface area contributed by atoms with Crippen LogP contribution in [0.3, 0.4) is 0 Å². The average Bonchev–Trinajstić information content (AvgIpc) is 2.37. The van der Waals surface area contributed by atoms with Crippen molar-refractivity contribution in [1.82, 2.24) is 5.32 Å². The number of rotatable bonds is 8. The Hall–Kier alpha value is -0.860. The third-order valence-electron chi connectivity index (χ3n) is 3.40. The van der Waals surface area contributed by atoms with Crippen LogP contribution in [0, 0.1) is 0 Å². The monoisotopic (exact) mass is 249 g/mol. The molecule has 0 fully saturated rings. The number of unbranched alkanes of at least 4 members (excludes halogenated alkanes) is 1. The summed E-state index contributed by atoms with van der Waals surface area (Å²) in [4.78, 5) is 0. The molecule has 1 rings (SSSR count). The average molecular weight is 249 g/mol. The Kier molecular flexibility index (Phi) is 6.99. The van der Waals surface area contributed by atoms with Crippen LogP contribution in [0.5, 0.6) is 0 Å². The molecule has 0 bridgehead atoms. The Balaban J connectivity index is 2.50. The Morgan fingerprint density at radius 1 is 1.17 bits per heavy atom. The Morgan fingerprint density at radius 3 is 2.39 bits per heavy atom. The van der Waals surface area contributed by atoms with Crippen molar-refractivity contribution in [1.29, 1.82) is 0 Å². The minimum Gasteiger partial charge on any atom is -0.396 e. The van der Waals surface area contributed by atoms with Crippen molar-refractivity contribution in [3.05, 3.63) is 35.4 Å². The van der Waals surface area contributed by atoms with E-state index in [4.69, 9.17) is 5.11 Å². The lowest BCUT2D eigenvalue weighted by Crippen LogP contribution is -2.29. The third kappa shape index (κ3) is 5.19. The van der Waals surface area contributed by atoms with E-state index in [0.717, 1.165) is 6.42 Å². The van der Waals surface area contributed by atoms with Crippen LogP contribution in [-0.2, 0) is 6.42 Å². The number of benzene rings is 1.